The Bertz CT molecular complexity index is 505. The van der Waals surface area contributed by atoms with Crippen LogP contribution in [0.25, 0.3) is 0 Å². The summed E-state index contributed by atoms with van der Waals surface area (Å²) in [6.45, 7) is 4.34. The van der Waals surface area contributed by atoms with Gasteiger partial charge >= 0.3 is 0 Å². The predicted molar refractivity (Wildman–Crippen MR) is 84.8 cm³/mol. The van der Waals surface area contributed by atoms with Crippen molar-refractivity contribution < 1.29 is 0 Å². The Balaban J connectivity index is 2.07. The average Bonchev–Trinajstić information content (AvgIpc) is 2.50. The Hall–Kier alpha value is -1.67. The molecule has 1 heterocycles. The van der Waals surface area contributed by atoms with E-state index in [1.54, 1.807) is 0 Å². The first-order chi connectivity index (χ1) is 9.74. The van der Waals surface area contributed by atoms with E-state index in [2.05, 4.69) is 55.2 Å². The van der Waals surface area contributed by atoms with Gasteiger partial charge in [-0.15, -0.1) is 0 Å². The molecule has 0 fully saturated rings. The molecule has 0 aliphatic carbocycles. The van der Waals surface area contributed by atoms with Crippen molar-refractivity contribution in [2.45, 2.75) is 45.1 Å². The third-order valence-corrected chi connectivity index (χ3v) is 3.92. The predicted octanol–water partition coefficient (Wildman–Crippen LogP) is 3.71. The highest BCUT2D eigenvalue weighted by Gasteiger charge is 2.18. The third-order valence-electron chi connectivity index (χ3n) is 3.92. The Kier molecular flexibility index (Phi) is 5.31. The van der Waals surface area contributed by atoms with E-state index in [0.717, 1.165) is 25.0 Å². The van der Waals surface area contributed by atoms with Gasteiger partial charge in [-0.1, -0.05) is 50.2 Å². The third kappa shape index (κ3) is 3.67. The average molecular weight is 268 g/mol. The molecule has 1 aromatic heterocycles. The van der Waals surface area contributed by atoms with E-state index < -0.39 is 0 Å². The fourth-order valence-corrected chi connectivity index (χ4v) is 2.65. The van der Waals surface area contributed by atoms with Gasteiger partial charge in [-0.05, 0) is 36.0 Å². The van der Waals surface area contributed by atoms with Crippen LogP contribution in [-0.2, 0) is 12.8 Å². The fraction of sp³-hybridized carbons (Fsp3) is 0.389. The van der Waals surface area contributed by atoms with Crippen LogP contribution >= 0.6 is 0 Å². The zero-order chi connectivity index (χ0) is 14.4. The molecule has 0 amide bonds. The number of hydrogen-bond acceptors (Lipinski definition) is 2. The van der Waals surface area contributed by atoms with Crippen LogP contribution in [0.1, 0.15) is 43.0 Å². The first-order valence-electron chi connectivity index (χ1n) is 7.49. The van der Waals surface area contributed by atoms with Crippen LogP contribution in [0.5, 0.6) is 0 Å². The lowest BCUT2D eigenvalue weighted by Gasteiger charge is -2.23. The number of aromatic nitrogens is 1. The van der Waals surface area contributed by atoms with Crippen molar-refractivity contribution in [1.82, 2.24) is 4.98 Å². The van der Waals surface area contributed by atoms with Gasteiger partial charge in [0.1, 0.15) is 0 Å². The maximum Gasteiger partial charge on any atom is 0.0419 e. The molecular weight excluding hydrogens is 244 g/mol. The van der Waals surface area contributed by atoms with Gasteiger partial charge in [-0.2, -0.15) is 0 Å². The maximum atomic E-state index is 6.42. The van der Waals surface area contributed by atoms with Crippen molar-refractivity contribution in [3.8, 4) is 0 Å². The van der Waals surface area contributed by atoms with Crippen LogP contribution in [0.3, 0.4) is 0 Å². The molecule has 0 bridgehead atoms. The first-order valence-corrected chi connectivity index (χ1v) is 7.49. The largest absolute Gasteiger partial charge is 0.327 e. The summed E-state index contributed by atoms with van der Waals surface area (Å²) in [6.07, 6.45) is 4.88. The van der Waals surface area contributed by atoms with Crippen LogP contribution in [0.2, 0.25) is 0 Å². The number of aryl methyl sites for hydroxylation is 1. The van der Waals surface area contributed by atoms with Crippen molar-refractivity contribution in [1.29, 1.82) is 0 Å². The van der Waals surface area contributed by atoms with Crippen molar-refractivity contribution in [2.24, 2.45) is 5.73 Å². The number of benzene rings is 1. The molecule has 0 aliphatic heterocycles. The molecule has 2 aromatic rings. The van der Waals surface area contributed by atoms with Gasteiger partial charge in [-0.25, -0.2) is 0 Å². The summed E-state index contributed by atoms with van der Waals surface area (Å²) >= 11 is 0. The molecule has 0 aliphatic rings. The molecule has 0 saturated heterocycles. The lowest BCUT2D eigenvalue weighted by Crippen LogP contribution is -2.30. The lowest BCUT2D eigenvalue weighted by molar-refractivity contribution is 0.510. The molecule has 2 N–H and O–H groups in total. The number of rotatable bonds is 6. The number of nitrogens with two attached hydrogens (primary N) is 1. The van der Waals surface area contributed by atoms with Crippen molar-refractivity contribution in [2.75, 3.05) is 0 Å². The molecule has 2 rings (SSSR count). The van der Waals surface area contributed by atoms with E-state index in [4.69, 9.17) is 5.73 Å². The SMILES string of the molecule is CCc1ccc(CC(N)C(CC)c2ccccc2)nc1. The quantitative estimate of drug-likeness (QED) is 0.867. The molecule has 1 aromatic carbocycles. The smallest absolute Gasteiger partial charge is 0.0419 e. The van der Waals surface area contributed by atoms with E-state index in [0.29, 0.717) is 5.92 Å². The van der Waals surface area contributed by atoms with Crippen LogP contribution in [0.4, 0.5) is 0 Å². The van der Waals surface area contributed by atoms with Gasteiger partial charge in [-0.3, -0.25) is 4.98 Å². The minimum absolute atomic E-state index is 0.113. The summed E-state index contributed by atoms with van der Waals surface area (Å²) in [5, 5.41) is 0. The van der Waals surface area contributed by atoms with Gasteiger partial charge in [0.15, 0.2) is 0 Å². The lowest BCUT2D eigenvalue weighted by atomic mass is 9.87. The molecule has 2 heteroatoms. The van der Waals surface area contributed by atoms with E-state index in [1.165, 1.54) is 11.1 Å². The number of pyridine rings is 1. The molecule has 0 radical (unpaired) electrons. The number of nitrogens with zero attached hydrogens (tertiary/aromatic N) is 1. The van der Waals surface area contributed by atoms with Crippen molar-refractivity contribution >= 4 is 0 Å². The van der Waals surface area contributed by atoms with Gasteiger partial charge in [0.2, 0.25) is 0 Å². The molecule has 0 saturated carbocycles. The second-order valence-electron chi connectivity index (χ2n) is 5.30. The van der Waals surface area contributed by atoms with E-state index in [-0.39, 0.29) is 6.04 Å². The second kappa shape index (κ2) is 7.20. The highest BCUT2D eigenvalue weighted by Crippen LogP contribution is 2.23. The molecule has 106 valence electrons. The Morgan fingerprint density at radius 3 is 2.35 bits per heavy atom. The molecular formula is C18H24N2. The summed E-state index contributed by atoms with van der Waals surface area (Å²) in [7, 11) is 0. The highest BCUT2D eigenvalue weighted by molar-refractivity contribution is 5.22. The van der Waals surface area contributed by atoms with Gasteiger partial charge in [0.25, 0.3) is 0 Å². The molecule has 0 spiro atoms. The van der Waals surface area contributed by atoms with E-state index in [1.807, 2.05) is 12.3 Å². The monoisotopic (exact) mass is 268 g/mol. The summed E-state index contributed by atoms with van der Waals surface area (Å²) in [6, 6.07) is 14.9. The zero-order valence-corrected chi connectivity index (χ0v) is 12.4. The van der Waals surface area contributed by atoms with Crippen molar-refractivity contribution in [3.63, 3.8) is 0 Å². The minimum atomic E-state index is 0.113. The van der Waals surface area contributed by atoms with Crippen LogP contribution < -0.4 is 5.73 Å². The topological polar surface area (TPSA) is 38.9 Å². The molecule has 2 nitrogen and oxygen atoms in total. The number of hydrogen-bond donors (Lipinski definition) is 1. The summed E-state index contributed by atoms with van der Waals surface area (Å²) in [5.74, 6) is 0.392. The van der Waals surface area contributed by atoms with Gasteiger partial charge in [0.05, 0.1) is 0 Å². The Morgan fingerprint density at radius 1 is 1.05 bits per heavy atom. The van der Waals surface area contributed by atoms with E-state index >= 15 is 0 Å². The highest BCUT2D eigenvalue weighted by atomic mass is 14.7. The van der Waals surface area contributed by atoms with Gasteiger partial charge < -0.3 is 5.73 Å². The van der Waals surface area contributed by atoms with Crippen LogP contribution in [-0.4, -0.2) is 11.0 Å². The first kappa shape index (κ1) is 14.7. The summed E-state index contributed by atoms with van der Waals surface area (Å²) in [4.78, 5) is 4.52. The van der Waals surface area contributed by atoms with Crippen LogP contribution in [0.15, 0.2) is 48.7 Å². The van der Waals surface area contributed by atoms with Crippen molar-refractivity contribution in [3.05, 3.63) is 65.5 Å². The standard InChI is InChI=1S/C18H24N2/c1-3-14-10-11-16(20-13-14)12-18(19)17(4-2)15-8-6-5-7-9-15/h5-11,13,17-18H,3-4,12,19H2,1-2H3. The maximum absolute atomic E-state index is 6.42. The molecule has 20 heavy (non-hydrogen) atoms. The normalized spacial score (nSPS) is 13.9. The fourth-order valence-electron chi connectivity index (χ4n) is 2.65. The summed E-state index contributed by atoms with van der Waals surface area (Å²) in [5.41, 5.74) is 10.1. The summed E-state index contributed by atoms with van der Waals surface area (Å²) < 4.78 is 0. The molecule has 2 atom stereocenters. The Labute approximate surface area is 122 Å². The molecule has 2 unspecified atom stereocenters. The second-order valence-corrected chi connectivity index (χ2v) is 5.30. The van der Waals surface area contributed by atoms with E-state index in [9.17, 15) is 0 Å². The van der Waals surface area contributed by atoms with Crippen LogP contribution in [0, 0.1) is 0 Å². The minimum Gasteiger partial charge on any atom is -0.327 e. The zero-order valence-electron chi connectivity index (χ0n) is 12.4. The Morgan fingerprint density at radius 2 is 1.80 bits per heavy atom. The van der Waals surface area contributed by atoms with Gasteiger partial charge in [0, 0.05) is 24.4 Å².